The molecule has 0 aromatic carbocycles. The van der Waals surface area contributed by atoms with Crippen LogP contribution in [0.4, 0.5) is 4.79 Å². The second kappa shape index (κ2) is 7.08. The van der Waals surface area contributed by atoms with Gasteiger partial charge in [0.25, 0.3) is 5.91 Å². The van der Waals surface area contributed by atoms with Crippen molar-refractivity contribution in [2.24, 2.45) is 0 Å². The molecule has 120 valence electrons. The number of urea groups is 1. The molecule has 8 nitrogen and oxygen atoms in total. The molecule has 1 aliphatic rings. The third-order valence-electron chi connectivity index (χ3n) is 3.51. The zero-order chi connectivity index (χ0) is 16.1. The molecule has 2 unspecified atom stereocenters. The summed E-state index contributed by atoms with van der Waals surface area (Å²) in [5.74, 6) is 0.208. The van der Waals surface area contributed by atoms with Crippen molar-refractivity contribution in [1.82, 2.24) is 20.9 Å². The third kappa shape index (κ3) is 4.08. The van der Waals surface area contributed by atoms with Crippen LogP contribution in [0, 0.1) is 0 Å². The van der Waals surface area contributed by atoms with E-state index in [1.807, 2.05) is 25.1 Å². The van der Waals surface area contributed by atoms with Gasteiger partial charge in [0, 0.05) is 13.0 Å². The third-order valence-corrected chi connectivity index (χ3v) is 3.51. The lowest BCUT2D eigenvalue weighted by Crippen LogP contribution is -2.36. The van der Waals surface area contributed by atoms with E-state index in [2.05, 4.69) is 16.0 Å². The standard InChI is InChI=1S/C14H20N4O4/c1-18(2)10(11-4-3-7-22-11)8-15-12(19)6-5-9-13(20)17-14(21)16-9/h3-4,7,9-10H,5-6,8H2,1-2H3,(H,15,19)(H2,16,17,20,21). The molecule has 1 saturated heterocycles. The van der Waals surface area contributed by atoms with Crippen LogP contribution in [-0.4, -0.2) is 49.4 Å². The largest absolute Gasteiger partial charge is 0.468 e. The van der Waals surface area contributed by atoms with Crippen molar-refractivity contribution in [3.63, 3.8) is 0 Å². The topological polar surface area (TPSA) is 104 Å². The van der Waals surface area contributed by atoms with Crippen LogP contribution in [0.2, 0.25) is 0 Å². The molecule has 0 saturated carbocycles. The fraction of sp³-hybridized carbons (Fsp3) is 0.500. The minimum atomic E-state index is -0.632. The van der Waals surface area contributed by atoms with Gasteiger partial charge in [0.2, 0.25) is 5.91 Å². The van der Waals surface area contributed by atoms with E-state index in [9.17, 15) is 14.4 Å². The van der Waals surface area contributed by atoms with Crippen LogP contribution in [0.3, 0.4) is 0 Å². The van der Waals surface area contributed by atoms with Crippen LogP contribution < -0.4 is 16.0 Å². The number of carbonyl (C=O) groups is 3. The minimum absolute atomic E-state index is 0.0616. The van der Waals surface area contributed by atoms with Gasteiger partial charge in [0.1, 0.15) is 11.8 Å². The average Bonchev–Trinajstić information content (AvgIpc) is 3.06. The number of likely N-dealkylation sites (N-methyl/N-ethyl adjacent to an activating group) is 1. The van der Waals surface area contributed by atoms with E-state index in [0.29, 0.717) is 6.54 Å². The molecule has 2 rings (SSSR count). The number of hydrogen-bond donors (Lipinski definition) is 3. The number of nitrogens with one attached hydrogen (secondary N) is 3. The lowest BCUT2D eigenvalue weighted by Gasteiger charge is -2.22. The Bertz CT molecular complexity index is 541. The van der Waals surface area contributed by atoms with Crippen molar-refractivity contribution >= 4 is 17.8 Å². The van der Waals surface area contributed by atoms with Crippen LogP contribution >= 0.6 is 0 Å². The maximum Gasteiger partial charge on any atom is 0.322 e. The summed E-state index contributed by atoms with van der Waals surface area (Å²) >= 11 is 0. The Hall–Kier alpha value is -2.35. The maximum absolute atomic E-state index is 11.9. The molecule has 0 spiro atoms. The Morgan fingerprint density at radius 2 is 2.23 bits per heavy atom. The highest BCUT2D eigenvalue weighted by molar-refractivity contribution is 6.04. The van der Waals surface area contributed by atoms with Gasteiger partial charge in [-0.1, -0.05) is 0 Å². The Kier molecular flexibility index (Phi) is 5.16. The Labute approximate surface area is 128 Å². The SMILES string of the molecule is CN(C)C(CNC(=O)CCC1NC(=O)NC1=O)c1ccco1. The molecule has 1 aromatic rings. The second-order valence-electron chi connectivity index (χ2n) is 5.35. The highest BCUT2D eigenvalue weighted by atomic mass is 16.3. The number of furan rings is 1. The summed E-state index contributed by atoms with van der Waals surface area (Å²) in [5, 5.41) is 7.41. The van der Waals surface area contributed by atoms with Crippen LogP contribution in [0.15, 0.2) is 22.8 Å². The Balaban J connectivity index is 1.77. The molecular weight excluding hydrogens is 288 g/mol. The Morgan fingerprint density at radius 1 is 1.45 bits per heavy atom. The molecule has 22 heavy (non-hydrogen) atoms. The lowest BCUT2D eigenvalue weighted by atomic mass is 10.1. The first-order valence-corrected chi connectivity index (χ1v) is 7.05. The molecule has 1 fully saturated rings. The predicted octanol–water partition coefficient (Wildman–Crippen LogP) is -0.0133. The minimum Gasteiger partial charge on any atom is -0.468 e. The van der Waals surface area contributed by atoms with Crippen LogP contribution in [0.25, 0.3) is 0 Å². The molecule has 2 atom stereocenters. The average molecular weight is 308 g/mol. The zero-order valence-electron chi connectivity index (χ0n) is 12.6. The summed E-state index contributed by atoms with van der Waals surface area (Å²) in [7, 11) is 3.80. The molecule has 3 N–H and O–H groups in total. The van der Waals surface area contributed by atoms with E-state index in [1.165, 1.54) is 0 Å². The van der Waals surface area contributed by atoms with Gasteiger partial charge >= 0.3 is 6.03 Å². The van der Waals surface area contributed by atoms with E-state index in [-0.39, 0.29) is 30.7 Å². The van der Waals surface area contributed by atoms with Gasteiger partial charge in [0.05, 0.1) is 12.3 Å². The summed E-state index contributed by atoms with van der Waals surface area (Å²) in [4.78, 5) is 36.2. The molecule has 0 aliphatic carbocycles. The highest BCUT2D eigenvalue weighted by Gasteiger charge is 2.29. The van der Waals surface area contributed by atoms with Gasteiger partial charge in [-0.05, 0) is 32.6 Å². The van der Waals surface area contributed by atoms with Crippen LogP contribution in [-0.2, 0) is 9.59 Å². The number of imide groups is 1. The van der Waals surface area contributed by atoms with Gasteiger partial charge in [-0.25, -0.2) is 4.79 Å². The van der Waals surface area contributed by atoms with E-state index in [1.54, 1.807) is 12.3 Å². The van der Waals surface area contributed by atoms with Gasteiger partial charge in [-0.3, -0.25) is 19.8 Å². The van der Waals surface area contributed by atoms with E-state index in [4.69, 9.17) is 4.42 Å². The van der Waals surface area contributed by atoms with Crippen molar-refractivity contribution in [2.75, 3.05) is 20.6 Å². The van der Waals surface area contributed by atoms with Gasteiger partial charge in [-0.2, -0.15) is 0 Å². The van der Waals surface area contributed by atoms with Crippen molar-refractivity contribution in [1.29, 1.82) is 0 Å². The fourth-order valence-corrected chi connectivity index (χ4v) is 2.26. The second-order valence-corrected chi connectivity index (χ2v) is 5.35. The molecule has 1 aliphatic heterocycles. The first-order valence-electron chi connectivity index (χ1n) is 7.05. The zero-order valence-corrected chi connectivity index (χ0v) is 12.6. The molecule has 0 radical (unpaired) electrons. The van der Waals surface area contributed by atoms with Crippen molar-refractivity contribution in [3.8, 4) is 0 Å². The number of nitrogens with zero attached hydrogens (tertiary/aromatic N) is 1. The predicted molar refractivity (Wildman–Crippen MR) is 77.8 cm³/mol. The first-order chi connectivity index (χ1) is 10.5. The van der Waals surface area contributed by atoms with Crippen LogP contribution in [0.5, 0.6) is 0 Å². The Morgan fingerprint density at radius 3 is 2.77 bits per heavy atom. The van der Waals surface area contributed by atoms with Crippen molar-refractivity contribution < 1.29 is 18.8 Å². The summed E-state index contributed by atoms with van der Waals surface area (Å²) in [5.41, 5.74) is 0. The molecule has 8 heteroatoms. The van der Waals surface area contributed by atoms with Crippen molar-refractivity contribution in [2.45, 2.75) is 24.9 Å². The lowest BCUT2D eigenvalue weighted by molar-refractivity contribution is -0.122. The van der Waals surface area contributed by atoms with Gasteiger partial charge < -0.3 is 15.1 Å². The highest BCUT2D eigenvalue weighted by Crippen LogP contribution is 2.17. The summed E-state index contributed by atoms with van der Waals surface area (Å²) in [6, 6.07) is 2.45. The van der Waals surface area contributed by atoms with Gasteiger partial charge in [-0.15, -0.1) is 0 Å². The fourth-order valence-electron chi connectivity index (χ4n) is 2.26. The maximum atomic E-state index is 11.9. The molecule has 4 amide bonds. The number of amides is 4. The first kappa shape index (κ1) is 16.0. The number of hydrogen-bond acceptors (Lipinski definition) is 5. The van der Waals surface area contributed by atoms with Crippen LogP contribution in [0.1, 0.15) is 24.6 Å². The smallest absolute Gasteiger partial charge is 0.322 e. The van der Waals surface area contributed by atoms with E-state index < -0.39 is 12.1 Å². The van der Waals surface area contributed by atoms with Gasteiger partial charge in [0.15, 0.2) is 0 Å². The molecule has 0 bridgehead atoms. The van der Waals surface area contributed by atoms with E-state index >= 15 is 0 Å². The molecule has 1 aromatic heterocycles. The number of carbonyl (C=O) groups excluding carboxylic acids is 3. The summed E-state index contributed by atoms with van der Waals surface area (Å²) in [6.45, 7) is 0.405. The summed E-state index contributed by atoms with van der Waals surface area (Å²) < 4.78 is 5.36. The van der Waals surface area contributed by atoms with Crippen molar-refractivity contribution in [3.05, 3.63) is 24.2 Å². The quantitative estimate of drug-likeness (QED) is 0.615. The summed E-state index contributed by atoms with van der Waals surface area (Å²) in [6.07, 6.45) is 2.03. The molecule has 2 heterocycles. The number of rotatable bonds is 7. The molecular formula is C14H20N4O4. The monoisotopic (exact) mass is 308 g/mol. The van der Waals surface area contributed by atoms with E-state index in [0.717, 1.165) is 5.76 Å². The normalized spacial score (nSPS) is 19.0.